The van der Waals surface area contributed by atoms with Crippen molar-refractivity contribution >= 4 is 6.16 Å². The monoisotopic (exact) mass is 288 g/mol. The summed E-state index contributed by atoms with van der Waals surface area (Å²) in [4.78, 5) is 35.0. The molecule has 0 saturated carbocycles. The second kappa shape index (κ2) is 8.13. The standard InChI is InChI=1S/C12H17FN2O5/c1-2-3-4-5-6-19-12(18)20-8-15-7-9(13)10(16)14-11(15)17/h7H,2-6,8H2,1H3,(H,14,16,17). The minimum Gasteiger partial charge on any atom is -0.434 e. The number of aromatic nitrogens is 2. The van der Waals surface area contributed by atoms with Gasteiger partial charge in [-0.3, -0.25) is 14.3 Å². The number of unbranched alkanes of at least 4 members (excludes halogenated alkanes) is 3. The third-order valence-electron chi connectivity index (χ3n) is 2.51. The third kappa shape index (κ3) is 5.25. The van der Waals surface area contributed by atoms with Gasteiger partial charge in [-0.15, -0.1) is 0 Å². The van der Waals surface area contributed by atoms with Gasteiger partial charge in [0.15, 0.2) is 6.73 Å². The molecule has 1 heterocycles. The van der Waals surface area contributed by atoms with E-state index < -0.39 is 30.0 Å². The fraction of sp³-hybridized carbons (Fsp3) is 0.583. The van der Waals surface area contributed by atoms with Gasteiger partial charge in [0, 0.05) is 0 Å². The number of rotatable bonds is 7. The highest BCUT2D eigenvalue weighted by Crippen LogP contribution is 1.99. The molecule has 0 unspecified atom stereocenters. The van der Waals surface area contributed by atoms with Crippen molar-refractivity contribution in [1.82, 2.24) is 9.55 Å². The van der Waals surface area contributed by atoms with Gasteiger partial charge in [-0.25, -0.2) is 9.59 Å². The molecule has 1 aromatic heterocycles. The van der Waals surface area contributed by atoms with E-state index in [1.54, 1.807) is 4.98 Å². The van der Waals surface area contributed by atoms with Gasteiger partial charge in [-0.05, 0) is 6.42 Å². The molecule has 8 heteroatoms. The van der Waals surface area contributed by atoms with Gasteiger partial charge < -0.3 is 9.47 Å². The summed E-state index contributed by atoms with van der Waals surface area (Å²) in [6.07, 6.45) is 3.54. The highest BCUT2D eigenvalue weighted by Gasteiger charge is 2.07. The van der Waals surface area contributed by atoms with Gasteiger partial charge >= 0.3 is 11.8 Å². The number of carbonyl (C=O) groups is 1. The first-order valence-electron chi connectivity index (χ1n) is 6.33. The van der Waals surface area contributed by atoms with E-state index in [2.05, 4.69) is 11.7 Å². The maximum Gasteiger partial charge on any atom is 0.510 e. The Morgan fingerprint density at radius 2 is 2.05 bits per heavy atom. The van der Waals surface area contributed by atoms with Crippen molar-refractivity contribution in [2.45, 2.75) is 39.3 Å². The maximum atomic E-state index is 12.9. The second-order valence-electron chi connectivity index (χ2n) is 4.14. The molecule has 0 aliphatic heterocycles. The molecule has 0 bridgehead atoms. The summed E-state index contributed by atoms with van der Waals surface area (Å²) in [6.45, 7) is 1.77. The van der Waals surface area contributed by atoms with E-state index in [1.165, 1.54) is 0 Å². The Bertz CT molecular complexity index is 552. The van der Waals surface area contributed by atoms with Gasteiger partial charge in [0.1, 0.15) is 0 Å². The minimum absolute atomic E-state index is 0.230. The van der Waals surface area contributed by atoms with Crippen LogP contribution in [0.25, 0.3) is 0 Å². The first-order chi connectivity index (χ1) is 9.54. The summed E-state index contributed by atoms with van der Waals surface area (Å²) < 4.78 is 23.0. The number of nitrogens with zero attached hydrogens (tertiary/aromatic N) is 1. The first kappa shape index (κ1) is 15.9. The molecular formula is C12H17FN2O5. The van der Waals surface area contributed by atoms with Crippen LogP contribution in [0.2, 0.25) is 0 Å². The number of hydrogen-bond donors (Lipinski definition) is 1. The number of halogens is 1. The maximum absolute atomic E-state index is 12.9. The molecule has 1 aromatic rings. The fourth-order valence-corrected chi connectivity index (χ4v) is 1.43. The SMILES string of the molecule is CCCCCCOC(=O)OCn1cc(F)c(=O)[nH]c1=O. The number of H-pyrrole nitrogens is 1. The fourth-order valence-electron chi connectivity index (χ4n) is 1.43. The predicted octanol–water partition coefficient (Wildman–Crippen LogP) is 1.37. The molecule has 0 amide bonds. The zero-order valence-electron chi connectivity index (χ0n) is 11.2. The number of aromatic amines is 1. The predicted molar refractivity (Wildman–Crippen MR) is 67.9 cm³/mol. The lowest BCUT2D eigenvalue weighted by Gasteiger charge is -2.07. The van der Waals surface area contributed by atoms with Gasteiger partial charge in [-0.2, -0.15) is 4.39 Å². The molecule has 0 radical (unpaired) electrons. The molecule has 0 fully saturated rings. The summed E-state index contributed by atoms with van der Waals surface area (Å²) in [5.74, 6) is -1.14. The van der Waals surface area contributed by atoms with E-state index >= 15 is 0 Å². The largest absolute Gasteiger partial charge is 0.510 e. The van der Waals surface area contributed by atoms with E-state index in [9.17, 15) is 18.8 Å². The second-order valence-corrected chi connectivity index (χ2v) is 4.14. The Hall–Kier alpha value is -2.12. The van der Waals surface area contributed by atoms with Crippen LogP contribution in [-0.4, -0.2) is 22.3 Å². The molecule has 0 aromatic carbocycles. The molecule has 20 heavy (non-hydrogen) atoms. The molecule has 1 N–H and O–H groups in total. The van der Waals surface area contributed by atoms with Crippen LogP contribution < -0.4 is 11.2 Å². The third-order valence-corrected chi connectivity index (χ3v) is 2.51. The number of ether oxygens (including phenoxy) is 2. The number of hydrogen-bond acceptors (Lipinski definition) is 5. The molecular weight excluding hydrogens is 271 g/mol. The van der Waals surface area contributed by atoms with Crippen molar-refractivity contribution in [2.24, 2.45) is 0 Å². The summed E-state index contributed by atoms with van der Waals surface area (Å²) in [6, 6.07) is 0. The molecule has 1 rings (SSSR count). The van der Waals surface area contributed by atoms with Crippen LogP contribution in [0.3, 0.4) is 0 Å². The average molecular weight is 288 g/mol. The average Bonchev–Trinajstić information content (AvgIpc) is 2.41. The van der Waals surface area contributed by atoms with E-state index in [4.69, 9.17) is 4.74 Å². The van der Waals surface area contributed by atoms with Gasteiger partial charge in [-0.1, -0.05) is 26.2 Å². The lowest BCUT2D eigenvalue weighted by molar-refractivity contribution is 0.0313. The highest BCUT2D eigenvalue weighted by molar-refractivity contribution is 5.59. The van der Waals surface area contributed by atoms with Crippen LogP contribution in [0.1, 0.15) is 32.6 Å². The zero-order chi connectivity index (χ0) is 15.0. The Morgan fingerprint density at radius 3 is 2.75 bits per heavy atom. The molecule has 0 aliphatic carbocycles. The van der Waals surface area contributed by atoms with Crippen LogP contribution in [0.5, 0.6) is 0 Å². The normalized spacial score (nSPS) is 10.3. The van der Waals surface area contributed by atoms with Crippen molar-refractivity contribution in [2.75, 3.05) is 6.61 Å². The van der Waals surface area contributed by atoms with E-state index in [0.717, 1.165) is 30.3 Å². The van der Waals surface area contributed by atoms with Crippen LogP contribution >= 0.6 is 0 Å². The highest BCUT2D eigenvalue weighted by atomic mass is 19.1. The van der Waals surface area contributed by atoms with Crippen molar-refractivity contribution < 1.29 is 18.7 Å². The number of carbonyl (C=O) groups excluding carboxylic acids is 1. The van der Waals surface area contributed by atoms with Crippen LogP contribution in [0.4, 0.5) is 9.18 Å². The molecule has 0 saturated heterocycles. The smallest absolute Gasteiger partial charge is 0.434 e. The minimum atomic E-state index is -1.14. The van der Waals surface area contributed by atoms with Gasteiger partial charge in [0.05, 0.1) is 12.8 Å². The van der Waals surface area contributed by atoms with Gasteiger partial charge in [0.2, 0.25) is 5.82 Å². The number of nitrogens with one attached hydrogen (secondary N) is 1. The lowest BCUT2D eigenvalue weighted by Crippen LogP contribution is -2.32. The quantitative estimate of drug-likeness (QED) is 0.604. The molecule has 0 spiro atoms. The summed E-state index contributed by atoms with van der Waals surface area (Å²) in [7, 11) is 0. The first-order valence-corrected chi connectivity index (χ1v) is 6.33. The topological polar surface area (TPSA) is 90.4 Å². The van der Waals surface area contributed by atoms with Crippen molar-refractivity contribution in [1.29, 1.82) is 0 Å². The summed E-state index contributed by atoms with van der Waals surface area (Å²) >= 11 is 0. The van der Waals surface area contributed by atoms with Crippen molar-refractivity contribution in [3.63, 3.8) is 0 Å². The zero-order valence-corrected chi connectivity index (χ0v) is 11.2. The van der Waals surface area contributed by atoms with Crippen LogP contribution in [-0.2, 0) is 16.2 Å². The summed E-state index contributed by atoms with van der Waals surface area (Å²) in [5, 5.41) is 0. The Labute approximate surface area is 114 Å². The van der Waals surface area contributed by atoms with Crippen molar-refractivity contribution in [3.05, 3.63) is 32.9 Å². The Morgan fingerprint density at radius 1 is 1.30 bits per heavy atom. The Balaban J connectivity index is 2.36. The van der Waals surface area contributed by atoms with Crippen LogP contribution in [0, 0.1) is 5.82 Å². The molecule has 112 valence electrons. The van der Waals surface area contributed by atoms with E-state index in [-0.39, 0.29) is 6.61 Å². The lowest BCUT2D eigenvalue weighted by atomic mass is 10.2. The van der Waals surface area contributed by atoms with Crippen LogP contribution in [0.15, 0.2) is 15.8 Å². The van der Waals surface area contributed by atoms with E-state index in [0.29, 0.717) is 6.20 Å². The van der Waals surface area contributed by atoms with E-state index in [1.807, 2.05) is 0 Å². The van der Waals surface area contributed by atoms with Gasteiger partial charge in [0.25, 0.3) is 5.56 Å². The molecule has 7 nitrogen and oxygen atoms in total. The summed E-state index contributed by atoms with van der Waals surface area (Å²) in [5.41, 5.74) is -1.99. The molecule has 0 atom stereocenters. The van der Waals surface area contributed by atoms with Crippen molar-refractivity contribution in [3.8, 4) is 0 Å². The molecule has 0 aliphatic rings. The Kier molecular flexibility index (Phi) is 6.48.